The van der Waals surface area contributed by atoms with E-state index in [0.29, 0.717) is 5.02 Å². The molecule has 1 nitrogen and oxygen atoms in total. The molecule has 0 saturated heterocycles. The van der Waals surface area contributed by atoms with E-state index in [-0.39, 0.29) is 0 Å². The summed E-state index contributed by atoms with van der Waals surface area (Å²) >= 11 is 5.70. The van der Waals surface area contributed by atoms with E-state index in [1.807, 2.05) is 18.2 Å². The molecular formula is C10H15ClO. The van der Waals surface area contributed by atoms with Gasteiger partial charge in [-0.3, -0.25) is 0 Å². The monoisotopic (exact) mass is 186 g/mol. The molecule has 0 radical (unpaired) electrons. The third kappa shape index (κ3) is 4.24. The second-order valence-corrected chi connectivity index (χ2v) is 2.75. The lowest BCUT2D eigenvalue weighted by Gasteiger charge is -1.98. The fourth-order valence-electron chi connectivity index (χ4n) is 0.610. The quantitative estimate of drug-likeness (QED) is 0.649. The van der Waals surface area contributed by atoms with Gasteiger partial charge in [0.15, 0.2) is 0 Å². The maximum absolute atomic E-state index is 5.70. The summed E-state index contributed by atoms with van der Waals surface area (Å²) in [6, 6.07) is 7.36. The fraction of sp³-hybridized carbons (Fsp3) is 0.400. The average Bonchev–Trinajstić information content (AvgIpc) is 2.07. The standard InChI is InChI=1S/C7H7ClO.C3H8/c1-9-7-5-3-2-4-6(7)8;1-3-2/h2-5H,1H3;3H2,1-2H3. The summed E-state index contributed by atoms with van der Waals surface area (Å²) in [5.74, 6) is 0.721. The molecule has 2 heteroatoms. The first-order valence-corrected chi connectivity index (χ1v) is 4.42. The third-order valence-electron chi connectivity index (χ3n) is 1.06. The smallest absolute Gasteiger partial charge is 0.137 e. The molecule has 1 rings (SSSR count). The summed E-state index contributed by atoms with van der Waals surface area (Å²) in [7, 11) is 1.60. The highest BCUT2D eigenvalue weighted by Crippen LogP contribution is 2.21. The van der Waals surface area contributed by atoms with E-state index in [0.717, 1.165) is 5.75 Å². The summed E-state index contributed by atoms with van der Waals surface area (Å²) in [5, 5.41) is 0.653. The van der Waals surface area contributed by atoms with Gasteiger partial charge < -0.3 is 4.74 Å². The van der Waals surface area contributed by atoms with Gasteiger partial charge in [0, 0.05) is 0 Å². The molecule has 0 saturated carbocycles. The molecule has 0 unspecified atom stereocenters. The van der Waals surface area contributed by atoms with Crippen LogP contribution < -0.4 is 4.74 Å². The van der Waals surface area contributed by atoms with Crippen LogP contribution in [0.1, 0.15) is 20.3 Å². The zero-order valence-corrected chi connectivity index (χ0v) is 8.56. The number of benzene rings is 1. The van der Waals surface area contributed by atoms with Gasteiger partial charge in [0.1, 0.15) is 5.75 Å². The molecule has 1 aromatic rings. The van der Waals surface area contributed by atoms with Gasteiger partial charge in [-0.1, -0.05) is 44.0 Å². The van der Waals surface area contributed by atoms with Crippen molar-refractivity contribution in [3.63, 3.8) is 0 Å². The van der Waals surface area contributed by atoms with Crippen LogP contribution in [0.4, 0.5) is 0 Å². The Morgan fingerprint density at radius 3 is 2.08 bits per heavy atom. The molecule has 0 aliphatic heterocycles. The lowest BCUT2D eigenvalue weighted by atomic mass is 10.3. The van der Waals surface area contributed by atoms with Crippen molar-refractivity contribution in [2.24, 2.45) is 0 Å². The molecule has 0 aromatic heterocycles. The highest BCUT2D eigenvalue weighted by Gasteiger charge is 1.93. The number of para-hydroxylation sites is 1. The van der Waals surface area contributed by atoms with Crippen LogP contribution in [0.2, 0.25) is 5.02 Å². The Labute approximate surface area is 79.3 Å². The number of rotatable bonds is 1. The zero-order chi connectivity index (χ0) is 9.40. The zero-order valence-electron chi connectivity index (χ0n) is 7.80. The van der Waals surface area contributed by atoms with Gasteiger partial charge in [0.25, 0.3) is 0 Å². The van der Waals surface area contributed by atoms with E-state index in [1.165, 1.54) is 6.42 Å². The van der Waals surface area contributed by atoms with Crippen LogP contribution in [-0.4, -0.2) is 7.11 Å². The molecule has 0 aliphatic rings. The Bertz CT molecular complexity index is 211. The Kier molecular flexibility index (Phi) is 6.58. The molecule has 1 aromatic carbocycles. The van der Waals surface area contributed by atoms with Crippen molar-refractivity contribution in [2.45, 2.75) is 20.3 Å². The van der Waals surface area contributed by atoms with E-state index in [1.54, 1.807) is 13.2 Å². The predicted molar refractivity (Wildman–Crippen MR) is 54.0 cm³/mol. The minimum atomic E-state index is 0.653. The molecule has 0 amide bonds. The van der Waals surface area contributed by atoms with Crippen LogP contribution >= 0.6 is 11.6 Å². The number of methoxy groups -OCH3 is 1. The Morgan fingerprint density at radius 2 is 1.75 bits per heavy atom. The van der Waals surface area contributed by atoms with Gasteiger partial charge in [-0.15, -0.1) is 0 Å². The van der Waals surface area contributed by atoms with Crippen molar-refractivity contribution in [2.75, 3.05) is 7.11 Å². The molecule has 0 fully saturated rings. The molecule has 0 aliphatic carbocycles. The lowest BCUT2D eigenvalue weighted by Crippen LogP contribution is -1.81. The Morgan fingerprint density at radius 1 is 1.25 bits per heavy atom. The Hall–Kier alpha value is -0.690. The summed E-state index contributed by atoms with van der Waals surface area (Å²) in [6.07, 6.45) is 1.25. The largest absolute Gasteiger partial charge is 0.495 e. The van der Waals surface area contributed by atoms with Crippen molar-refractivity contribution in [1.29, 1.82) is 0 Å². The number of hydrogen-bond acceptors (Lipinski definition) is 1. The van der Waals surface area contributed by atoms with Crippen molar-refractivity contribution in [3.8, 4) is 5.75 Å². The lowest BCUT2D eigenvalue weighted by molar-refractivity contribution is 0.415. The maximum Gasteiger partial charge on any atom is 0.137 e. The molecule has 0 atom stereocenters. The summed E-state index contributed by atoms with van der Waals surface area (Å²) in [4.78, 5) is 0. The SMILES string of the molecule is CCC.COc1ccccc1Cl. The molecule has 0 spiro atoms. The van der Waals surface area contributed by atoms with E-state index in [4.69, 9.17) is 16.3 Å². The van der Waals surface area contributed by atoms with Gasteiger partial charge in [-0.25, -0.2) is 0 Å². The minimum absolute atomic E-state index is 0.653. The van der Waals surface area contributed by atoms with Crippen molar-refractivity contribution < 1.29 is 4.74 Å². The summed E-state index contributed by atoms with van der Waals surface area (Å²) in [5.41, 5.74) is 0. The third-order valence-corrected chi connectivity index (χ3v) is 1.37. The van der Waals surface area contributed by atoms with Crippen LogP contribution in [0.3, 0.4) is 0 Å². The highest BCUT2D eigenvalue weighted by molar-refractivity contribution is 6.32. The van der Waals surface area contributed by atoms with Crippen LogP contribution in [0.5, 0.6) is 5.75 Å². The van der Waals surface area contributed by atoms with Crippen LogP contribution in [-0.2, 0) is 0 Å². The van der Waals surface area contributed by atoms with Gasteiger partial charge in [-0.2, -0.15) is 0 Å². The maximum atomic E-state index is 5.70. The van der Waals surface area contributed by atoms with E-state index in [9.17, 15) is 0 Å². The molecule has 0 N–H and O–H groups in total. The molecular weight excluding hydrogens is 172 g/mol. The topological polar surface area (TPSA) is 9.23 Å². The molecule has 0 bridgehead atoms. The average molecular weight is 187 g/mol. The van der Waals surface area contributed by atoms with E-state index >= 15 is 0 Å². The first-order valence-electron chi connectivity index (χ1n) is 4.04. The van der Waals surface area contributed by atoms with Crippen LogP contribution in [0.15, 0.2) is 24.3 Å². The second-order valence-electron chi connectivity index (χ2n) is 2.34. The molecule has 12 heavy (non-hydrogen) atoms. The fourth-order valence-corrected chi connectivity index (χ4v) is 0.823. The first-order chi connectivity index (χ1) is 5.76. The highest BCUT2D eigenvalue weighted by atomic mass is 35.5. The molecule has 0 heterocycles. The van der Waals surface area contributed by atoms with Gasteiger partial charge in [0.05, 0.1) is 12.1 Å². The normalized spacial score (nSPS) is 8.33. The van der Waals surface area contributed by atoms with Gasteiger partial charge >= 0.3 is 0 Å². The number of hydrogen-bond donors (Lipinski definition) is 0. The Balaban J connectivity index is 0.000000354. The van der Waals surface area contributed by atoms with Crippen LogP contribution in [0, 0.1) is 0 Å². The summed E-state index contributed by atoms with van der Waals surface area (Å²) in [6.45, 7) is 4.25. The second kappa shape index (κ2) is 6.99. The number of halogens is 1. The predicted octanol–water partition coefficient (Wildman–Crippen LogP) is 3.76. The first kappa shape index (κ1) is 11.3. The van der Waals surface area contributed by atoms with Crippen molar-refractivity contribution >= 4 is 11.6 Å². The van der Waals surface area contributed by atoms with Crippen molar-refractivity contribution in [1.82, 2.24) is 0 Å². The van der Waals surface area contributed by atoms with Gasteiger partial charge in [0.2, 0.25) is 0 Å². The summed E-state index contributed by atoms with van der Waals surface area (Å²) < 4.78 is 4.91. The molecule has 68 valence electrons. The van der Waals surface area contributed by atoms with E-state index in [2.05, 4.69) is 13.8 Å². The minimum Gasteiger partial charge on any atom is -0.495 e. The van der Waals surface area contributed by atoms with Gasteiger partial charge in [-0.05, 0) is 12.1 Å². The number of ether oxygens (including phenoxy) is 1. The van der Waals surface area contributed by atoms with Crippen molar-refractivity contribution in [3.05, 3.63) is 29.3 Å². The van der Waals surface area contributed by atoms with Crippen LogP contribution in [0.25, 0.3) is 0 Å². The van der Waals surface area contributed by atoms with E-state index < -0.39 is 0 Å².